The van der Waals surface area contributed by atoms with Crippen molar-refractivity contribution in [1.82, 2.24) is 4.90 Å². The molecule has 4 nitrogen and oxygen atoms in total. The molecule has 0 bridgehead atoms. The molecule has 0 unspecified atom stereocenters. The molecule has 1 aliphatic heterocycles. The maximum atomic E-state index is 10.7. The molecule has 2 aromatic carbocycles. The average molecular weight is 337 g/mol. The highest BCUT2D eigenvalue weighted by molar-refractivity contribution is 5.67. The minimum Gasteiger partial charge on any atom is -0.397 e. The highest BCUT2D eigenvalue weighted by Gasteiger charge is 2.33. The molecule has 2 aromatic rings. The third-order valence-corrected chi connectivity index (χ3v) is 5.85. The van der Waals surface area contributed by atoms with Gasteiger partial charge in [0.25, 0.3) is 0 Å². The second kappa shape index (κ2) is 6.70. The predicted molar refractivity (Wildman–Crippen MR) is 103 cm³/mol. The van der Waals surface area contributed by atoms with Crippen LogP contribution in [0.5, 0.6) is 0 Å². The fourth-order valence-corrected chi connectivity index (χ4v) is 4.40. The molecular weight excluding hydrogens is 310 g/mol. The van der Waals surface area contributed by atoms with Crippen molar-refractivity contribution < 1.29 is 5.11 Å². The summed E-state index contributed by atoms with van der Waals surface area (Å²) < 4.78 is 0. The number of piperazine rings is 1. The van der Waals surface area contributed by atoms with Gasteiger partial charge >= 0.3 is 0 Å². The van der Waals surface area contributed by atoms with Crippen LogP contribution in [0.1, 0.15) is 16.7 Å². The molecule has 0 aromatic heterocycles. The lowest BCUT2D eigenvalue weighted by molar-refractivity contribution is 0.0394. The van der Waals surface area contributed by atoms with Gasteiger partial charge in [-0.05, 0) is 42.2 Å². The molecule has 1 saturated heterocycles. The van der Waals surface area contributed by atoms with Crippen LogP contribution in [-0.2, 0) is 12.8 Å². The van der Waals surface area contributed by atoms with E-state index in [2.05, 4.69) is 41.0 Å². The smallest absolute Gasteiger partial charge is 0.0739 e. The molecule has 1 heterocycles. The van der Waals surface area contributed by atoms with Gasteiger partial charge in [0.15, 0.2) is 0 Å². The van der Waals surface area contributed by atoms with E-state index in [1.807, 2.05) is 18.2 Å². The van der Waals surface area contributed by atoms with Crippen LogP contribution >= 0.6 is 0 Å². The molecule has 132 valence electrons. The number of hydrogen-bond donors (Lipinski definition) is 2. The van der Waals surface area contributed by atoms with Gasteiger partial charge in [-0.25, -0.2) is 0 Å². The number of aliphatic hydroxyl groups is 1. The van der Waals surface area contributed by atoms with Crippen molar-refractivity contribution in [2.75, 3.05) is 36.8 Å². The Kier molecular flexibility index (Phi) is 4.40. The molecule has 4 rings (SSSR count). The van der Waals surface area contributed by atoms with Gasteiger partial charge in [-0.15, -0.1) is 0 Å². The first-order chi connectivity index (χ1) is 12.1. The standard InChI is InChI=1S/C21H27N3O/c1-15-5-4-6-16-13-20(21(25)14-17(15)16)24-11-9-23(10-12-24)19-8-3-2-7-18(19)22/h2-8,20-21,25H,9-14,22H2,1H3/t20-,21-/m0/s1. The van der Waals surface area contributed by atoms with Gasteiger partial charge in [-0.1, -0.05) is 30.3 Å². The molecular formula is C21H27N3O. The van der Waals surface area contributed by atoms with Gasteiger partial charge in [0.2, 0.25) is 0 Å². The van der Waals surface area contributed by atoms with E-state index in [0.717, 1.165) is 50.4 Å². The lowest BCUT2D eigenvalue weighted by Crippen LogP contribution is -2.56. The summed E-state index contributed by atoms with van der Waals surface area (Å²) in [7, 11) is 0. The number of aliphatic hydroxyl groups excluding tert-OH is 1. The Hall–Kier alpha value is -2.04. The summed E-state index contributed by atoms with van der Waals surface area (Å²) in [5, 5.41) is 10.7. The van der Waals surface area contributed by atoms with Crippen LogP contribution in [0.2, 0.25) is 0 Å². The van der Waals surface area contributed by atoms with Crippen molar-refractivity contribution in [2.24, 2.45) is 0 Å². The second-order valence-electron chi connectivity index (χ2n) is 7.34. The van der Waals surface area contributed by atoms with Crippen LogP contribution in [0.3, 0.4) is 0 Å². The van der Waals surface area contributed by atoms with Crippen molar-refractivity contribution in [3.05, 3.63) is 59.2 Å². The molecule has 1 aliphatic carbocycles. The summed E-state index contributed by atoms with van der Waals surface area (Å²) in [6, 6.07) is 14.8. The molecule has 0 amide bonds. The number of para-hydroxylation sites is 2. The Labute approximate surface area is 149 Å². The van der Waals surface area contributed by atoms with E-state index in [9.17, 15) is 5.11 Å². The molecule has 4 heteroatoms. The Bertz CT molecular complexity index is 753. The number of nitrogen functional groups attached to an aromatic ring is 1. The number of nitrogens with zero attached hydrogens (tertiary/aromatic N) is 2. The first-order valence-corrected chi connectivity index (χ1v) is 9.22. The highest BCUT2D eigenvalue weighted by atomic mass is 16.3. The summed E-state index contributed by atoms with van der Waals surface area (Å²) in [6.45, 7) is 6.00. The number of hydrogen-bond acceptors (Lipinski definition) is 4. The van der Waals surface area contributed by atoms with Gasteiger partial charge in [0, 0.05) is 38.6 Å². The Morgan fingerprint density at radius 1 is 0.960 bits per heavy atom. The van der Waals surface area contributed by atoms with Gasteiger partial charge in [0.1, 0.15) is 0 Å². The normalized spacial score (nSPS) is 24.2. The summed E-state index contributed by atoms with van der Waals surface area (Å²) in [6.07, 6.45) is 1.45. The first-order valence-electron chi connectivity index (χ1n) is 9.22. The highest BCUT2D eigenvalue weighted by Crippen LogP contribution is 2.29. The van der Waals surface area contributed by atoms with Crippen molar-refractivity contribution >= 4 is 11.4 Å². The van der Waals surface area contributed by atoms with Gasteiger partial charge in [-0.3, -0.25) is 4.90 Å². The summed E-state index contributed by atoms with van der Waals surface area (Å²) in [4.78, 5) is 4.82. The molecule has 2 aliphatic rings. The van der Waals surface area contributed by atoms with Crippen molar-refractivity contribution in [3.63, 3.8) is 0 Å². The van der Waals surface area contributed by atoms with E-state index in [1.165, 1.54) is 16.7 Å². The number of rotatable bonds is 2. The van der Waals surface area contributed by atoms with Gasteiger partial charge < -0.3 is 15.7 Å². The fraction of sp³-hybridized carbons (Fsp3) is 0.429. The van der Waals surface area contributed by atoms with Crippen molar-refractivity contribution in [1.29, 1.82) is 0 Å². The van der Waals surface area contributed by atoms with Crippen LogP contribution in [0.15, 0.2) is 42.5 Å². The number of aryl methyl sites for hydroxylation is 1. The van der Waals surface area contributed by atoms with Crippen LogP contribution < -0.4 is 10.6 Å². The van der Waals surface area contributed by atoms with Gasteiger partial charge in [0.05, 0.1) is 17.5 Å². The molecule has 3 N–H and O–H groups in total. The van der Waals surface area contributed by atoms with E-state index < -0.39 is 0 Å². The minimum atomic E-state index is -0.276. The van der Waals surface area contributed by atoms with E-state index in [1.54, 1.807) is 0 Å². The second-order valence-corrected chi connectivity index (χ2v) is 7.34. The van der Waals surface area contributed by atoms with E-state index in [4.69, 9.17) is 5.73 Å². The predicted octanol–water partition coefficient (Wildman–Crippen LogP) is 2.23. The lowest BCUT2D eigenvalue weighted by atomic mass is 9.83. The molecule has 25 heavy (non-hydrogen) atoms. The molecule has 1 fully saturated rings. The Balaban J connectivity index is 1.45. The quantitative estimate of drug-likeness (QED) is 0.825. The van der Waals surface area contributed by atoms with Crippen molar-refractivity contribution in [3.8, 4) is 0 Å². The number of fused-ring (bicyclic) bond motifs is 1. The SMILES string of the molecule is Cc1cccc2c1C[C@H](O)[C@@H](N1CCN(c3ccccc3N)CC1)C2. The van der Waals surface area contributed by atoms with E-state index in [0.29, 0.717) is 0 Å². The van der Waals surface area contributed by atoms with Gasteiger partial charge in [-0.2, -0.15) is 0 Å². The average Bonchev–Trinajstić information content (AvgIpc) is 2.63. The van der Waals surface area contributed by atoms with E-state index >= 15 is 0 Å². The summed E-state index contributed by atoms with van der Waals surface area (Å²) in [5.74, 6) is 0. The zero-order chi connectivity index (χ0) is 17.4. The largest absolute Gasteiger partial charge is 0.397 e. The lowest BCUT2D eigenvalue weighted by Gasteiger charge is -2.44. The maximum absolute atomic E-state index is 10.7. The monoisotopic (exact) mass is 337 g/mol. The topological polar surface area (TPSA) is 52.7 Å². The molecule has 0 radical (unpaired) electrons. The molecule has 0 spiro atoms. The number of anilines is 2. The third-order valence-electron chi connectivity index (χ3n) is 5.85. The zero-order valence-electron chi connectivity index (χ0n) is 14.9. The third kappa shape index (κ3) is 3.12. The van der Waals surface area contributed by atoms with Crippen LogP contribution in [0.25, 0.3) is 0 Å². The fourth-order valence-electron chi connectivity index (χ4n) is 4.40. The van der Waals surface area contributed by atoms with Crippen LogP contribution in [0.4, 0.5) is 11.4 Å². The zero-order valence-corrected chi connectivity index (χ0v) is 14.9. The number of benzene rings is 2. The minimum absolute atomic E-state index is 0.226. The first kappa shape index (κ1) is 16.4. The summed E-state index contributed by atoms with van der Waals surface area (Å²) in [5.41, 5.74) is 12.2. The van der Waals surface area contributed by atoms with Crippen LogP contribution in [0, 0.1) is 6.92 Å². The Morgan fingerprint density at radius 2 is 1.72 bits per heavy atom. The van der Waals surface area contributed by atoms with Crippen molar-refractivity contribution in [2.45, 2.75) is 31.9 Å². The number of nitrogens with two attached hydrogens (primary N) is 1. The van der Waals surface area contributed by atoms with Crippen LogP contribution in [-0.4, -0.2) is 48.3 Å². The van der Waals surface area contributed by atoms with E-state index in [-0.39, 0.29) is 12.1 Å². The molecule has 2 atom stereocenters. The summed E-state index contributed by atoms with van der Waals surface area (Å²) >= 11 is 0. The molecule has 0 saturated carbocycles. The Morgan fingerprint density at radius 3 is 2.48 bits per heavy atom. The maximum Gasteiger partial charge on any atom is 0.0739 e.